The summed E-state index contributed by atoms with van der Waals surface area (Å²) in [6.45, 7) is 4.56. The molecule has 0 bridgehead atoms. The Morgan fingerprint density at radius 1 is 1.00 bits per heavy atom. The van der Waals surface area contributed by atoms with Gasteiger partial charge < -0.3 is 10.6 Å². The Kier molecular flexibility index (Phi) is 12.4. The first-order valence-corrected chi connectivity index (χ1v) is 10.6. The van der Waals surface area contributed by atoms with Gasteiger partial charge in [0.1, 0.15) is 10.1 Å². The summed E-state index contributed by atoms with van der Waals surface area (Å²) in [6.07, 6.45) is 1.52. The Balaban J connectivity index is 2.78. The molecule has 0 aliphatic carbocycles. The van der Waals surface area contributed by atoms with Gasteiger partial charge in [-0.15, -0.1) is 10.3 Å². The van der Waals surface area contributed by atoms with E-state index in [0.29, 0.717) is 23.2 Å². The van der Waals surface area contributed by atoms with Gasteiger partial charge in [0.15, 0.2) is 0 Å². The summed E-state index contributed by atoms with van der Waals surface area (Å²) >= 11 is 1.64. The lowest BCUT2D eigenvalue weighted by molar-refractivity contribution is -0.110. The fourth-order valence-electron chi connectivity index (χ4n) is 1.99. The van der Waals surface area contributed by atoms with E-state index in [1.54, 1.807) is 0 Å². The number of rotatable bonds is 10. The van der Waals surface area contributed by atoms with Crippen LogP contribution >= 0.6 is 23.5 Å². The van der Waals surface area contributed by atoms with Crippen molar-refractivity contribution < 1.29 is 28.9 Å². The standard InChI is InChI=1S/C15H26N8O6S2/c1-5-22(6-2)23-18-10(30-12(24)8-16-14(26)20-28-3)7-11(19-23)31-13(25)9-17-15(27)21-29-4/h7,18H,5-6,8-9H2,1-4H3,(H2,16,20,26)(H2,17,21,27). The summed E-state index contributed by atoms with van der Waals surface area (Å²) < 4.78 is 0. The summed E-state index contributed by atoms with van der Waals surface area (Å²) in [5.74, 6) is 0. The normalized spacial score (nSPS) is 13.0. The van der Waals surface area contributed by atoms with E-state index >= 15 is 0 Å². The number of urea groups is 2. The highest BCUT2D eigenvalue weighted by molar-refractivity contribution is 8.26. The number of carbonyl (C=O) groups excluding carboxylic acids is 4. The first-order valence-electron chi connectivity index (χ1n) is 8.99. The zero-order valence-electron chi connectivity index (χ0n) is 17.5. The molecular formula is C15H26N8O6S2. The number of nitrogens with zero attached hydrogens (tertiary/aromatic N) is 3. The molecular weight excluding hydrogens is 452 g/mol. The van der Waals surface area contributed by atoms with E-state index < -0.39 is 12.1 Å². The largest absolute Gasteiger partial charge is 0.339 e. The average Bonchev–Trinajstić information content (AvgIpc) is 2.72. The van der Waals surface area contributed by atoms with Crippen LogP contribution in [0.5, 0.6) is 0 Å². The molecule has 0 spiro atoms. The van der Waals surface area contributed by atoms with Crippen molar-refractivity contribution in [2.75, 3.05) is 40.4 Å². The number of hydrogen-bond donors (Lipinski definition) is 5. The van der Waals surface area contributed by atoms with Crippen LogP contribution in [-0.4, -0.2) is 78.0 Å². The van der Waals surface area contributed by atoms with Gasteiger partial charge in [0.2, 0.25) is 10.2 Å². The molecule has 0 saturated heterocycles. The average molecular weight is 479 g/mol. The fraction of sp³-hybridized carbons (Fsp3) is 0.533. The Morgan fingerprint density at radius 3 is 2.00 bits per heavy atom. The topological polar surface area (TPSA) is 166 Å². The van der Waals surface area contributed by atoms with Gasteiger partial charge in [0.05, 0.1) is 27.3 Å². The Morgan fingerprint density at radius 2 is 1.52 bits per heavy atom. The van der Waals surface area contributed by atoms with Gasteiger partial charge in [-0.25, -0.2) is 20.5 Å². The van der Waals surface area contributed by atoms with E-state index in [1.165, 1.54) is 25.5 Å². The first-order chi connectivity index (χ1) is 14.8. The number of nitrogens with one attached hydrogen (secondary N) is 5. The molecule has 5 N–H and O–H groups in total. The monoisotopic (exact) mass is 478 g/mol. The lowest BCUT2D eigenvalue weighted by Crippen LogP contribution is -2.49. The molecule has 14 nitrogen and oxygen atoms in total. The second kappa shape index (κ2) is 14.5. The smallest absolute Gasteiger partial charge is 0.328 e. The molecule has 4 amide bonds. The summed E-state index contributed by atoms with van der Waals surface area (Å²) in [6, 6.07) is -1.31. The molecule has 0 atom stereocenters. The van der Waals surface area contributed by atoms with Crippen LogP contribution in [0.4, 0.5) is 9.59 Å². The minimum atomic E-state index is -0.657. The highest BCUT2D eigenvalue weighted by Crippen LogP contribution is 2.22. The minimum Gasteiger partial charge on any atom is -0.328 e. The number of carbonyl (C=O) groups is 4. The third-order valence-corrected chi connectivity index (χ3v) is 4.86. The predicted octanol–water partition coefficient (Wildman–Crippen LogP) is -0.541. The second-order valence-corrected chi connectivity index (χ2v) is 7.59. The van der Waals surface area contributed by atoms with Gasteiger partial charge >= 0.3 is 12.1 Å². The SMILES string of the molecule is CCN(CC)N1N=C(SC(=O)CNC(=O)NOC)C=C(SC(=O)CNC(=O)NOC)N1. The summed E-state index contributed by atoms with van der Waals surface area (Å²) in [4.78, 5) is 55.9. The number of hydrazine groups is 2. The van der Waals surface area contributed by atoms with Crippen molar-refractivity contribution in [1.29, 1.82) is 0 Å². The van der Waals surface area contributed by atoms with Gasteiger partial charge in [-0.1, -0.05) is 13.8 Å². The summed E-state index contributed by atoms with van der Waals surface area (Å²) in [5, 5.41) is 12.3. The molecule has 0 aromatic carbocycles. The van der Waals surface area contributed by atoms with Crippen LogP contribution in [0.1, 0.15) is 13.8 Å². The molecule has 0 aromatic rings. The van der Waals surface area contributed by atoms with Gasteiger partial charge in [-0.3, -0.25) is 24.7 Å². The lowest BCUT2D eigenvalue weighted by Gasteiger charge is -2.34. The molecule has 31 heavy (non-hydrogen) atoms. The van der Waals surface area contributed by atoms with Crippen LogP contribution in [0.2, 0.25) is 0 Å². The van der Waals surface area contributed by atoms with Crippen LogP contribution < -0.4 is 27.0 Å². The highest BCUT2D eigenvalue weighted by atomic mass is 32.2. The first kappa shape index (κ1) is 26.5. The van der Waals surface area contributed by atoms with Crippen LogP contribution in [0.25, 0.3) is 0 Å². The van der Waals surface area contributed by atoms with Crippen molar-refractivity contribution in [3.63, 3.8) is 0 Å². The number of thioether (sulfide) groups is 2. The number of amides is 4. The number of hydrogen-bond acceptors (Lipinski definition) is 12. The Hall–Kier alpha value is -2.53. The molecule has 1 rings (SSSR count). The van der Waals surface area contributed by atoms with Crippen LogP contribution in [0, 0.1) is 0 Å². The van der Waals surface area contributed by atoms with Crippen LogP contribution in [0.15, 0.2) is 16.2 Å². The van der Waals surface area contributed by atoms with Crippen molar-refractivity contribution in [3.8, 4) is 0 Å². The molecule has 174 valence electrons. The maximum Gasteiger partial charge on any atom is 0.339 e. The van der Waals surface area contributed by atoms with Crippen LogP contribution in [-0.2, 0) is 19.3 Å². The van der Waals surface area contributed by atoms with E-state index in [4.69, 9.17) is 0 Å². The zero-order valence-corrected chi connectivity index (χ0v) is 19.1. The summed E-state index contributed by atoms with van der Waals surface area (Å²) in [5.41, 5.74) is 7.05. The van der Waals surface area contributed by atoms with Gasteiger partial charge in [0.25, 0.3) is 0 Å². The van der Waals surface area contributed by atoms with E-state index in [-0.39, 0.29) is 23.3 Å². The minimum absolute atomic E-state index is 0.249. The molecule has 1 aliphatic heterocycles. The summed E-state index contributed by atoms with van der Waals surface area (Å²) in [7, 11) is 2.54. The third kappa shape index (κ3) is 10.4. The molecule has 0 aromatic heterocycles. The predicted molar refractivity (Wildman–Crippen MR) is 116 cm³/mol. The maximum absolute atomic E-state index is 12.2. The maximum atomic E-state index is 12.2. The zero-order chi connectivity index (χ0) is 23.2. The van der Waals surface area contributed by atoms with Crippen molar-refractivity contribution in [3.05, 3.63) is 11.1 Å². The van der Waals surface area contributed by atoms with Gasteiger partial charge in [-0.2, -0.15) is 5.01 Å². The quantitative estimate of drug-likeness (QED) is 0.256. The van der Waals surface area contributed by atoms with Gasteiger partial charge in [0, 0.05) is 19.2 Å². The molecule has 0 unspecified atom stereocenters. The van der Waals surface area contributed by atoms with E-state index in [9.17, 15) is 19.2 Å². The Labute approximate surface area is 187 Å². The molecule has 0 radical (unpaired) electrons. The molecule has 0 fully saturated rings. The highest BCUT2D eigenvalue weighted by Gasteiger charge is 2.22. The fourth-order valence-corrected chi connectivity index (χ4v) is 3.43. The van der Waals surface area contributed by atoms with Crippen LogP contribution in [0.3, 0.4) is 0 Å². The van der Waals surface area contributed by atoms with E-state index in [0.717, 1.165) is 23.5 Å². The van der Waals surface area contributed by atoms with E-state index in [2.05, 4.69) is 30.8 Å². The second-order valence-electron chi connectivity index (χ2n) is 5.41. The number of hydroxylamine groups is 2. The third-order valence-electron chi connectivity index (χ3n) is 3.27. The molecule has 0 saturated carbocycles. The van der Waals surface area contributed by atoms with Crippen molar-refractivity contribution in [2.45, 2.75) is 13.8 Å². The van der Waals surface area contributed by atoms with Crippen molar-refractivity contribution in [1.82, 2.24) is 37.3 Å². The van der Waals surface area contributed by atoms with E-state index in [1.807, 2.05) is 29.8 Å². The number of hydrazone groups is 1. The lowest BCUT2D eigenvalue weighted by atomic mass is 10.6. The molecule has 16 heteroatoms. The van der Waals surface area contributed by atoms with Gasteiger partial charge in [-0.05, 0) is 23.5 Å². The Bertz CT molecular complexity index is 716. The molecule has 1 aliphatic rings. The van der Waals surface area contributed by atoms with Crippen molar-refractivity contribution >= 4 is 50.9 Å². The molecule has 1 heterocycles. The van der Waals surface area contributed by atoms with Crippen molar-refractivity contribution in [2.24, 2.45) is 5.10 Å².